The van der Waals surface area contributed by atoms with Crippen LogP contribution in [0.5, 0.6) is 0 Å². The number of carbonyl (C=O) groups excluding carboxylic acids is 2. The van der Waals surface area contributed by atoms with Crippen LogP contribution in [0.4, 0.5) is 5.69 Å². The summed E-state index contributed by atoms with van der Waals surface area (Å²) in [4.78, 5) is 24.0. The molecule has 5 heteroatoms. The van der Waals surface area contributed by atoms with Gasteiger partial charge in [0.05, 0.1) is 0 Å². The second-order valence-electron chi connectivity index (χ2n) is 6.12. The second kappa shape index (κ2) is 6.04. The number of nitrogens with one attached hydrogen (secondary N) is 1. The lowest BCUT2D eigenvalue weighted by molar-refractivity contribution is 0.0989. The maximum atomic E-state index is 12.7. The number of primary amides is 1. The van der Waals surface area contributed by atoms with Gasteiger partial charge in [0.15, 0.2) is 5.76 Å². The van der Waals surface area contributed by atoms with Crippen molar-refractivity contribution in [3.63, 3.8) is 0 Å². The van der Waals surface area contributed by atoms with Gasteiger partial charge in [-0.25, -0.2) is 0 Å². The SMILES string of the molecule is Cc1c(C(=O)Nc2cccc(C(N)=O)c2)oc2c1ccc1ccccc12. The molecule has 3 N–H and O–H groups in total. The minimum Gasteiger partial charge on any atom is -0.450 e. The maximum Gasteiger partial charge on any atom is 0.291 e. The van der Waals surface area contributed by atoms with Crippen molar-refractivity contribution >= 4 is 39.2 Å². The topological polar surface area (TPSA) is 85.3 Å². The van der Waals surface area contributed by atoms with Gasteiger partial charge in [0.25, 0.3) is 5.91 Å². The lowest BCUT2D eigenvalue weighted by Crippen LogP contribution is -2.14. The Morgan fingerprint density at radius 2 is 1.77 bits per heavy atom. The van der Waals surface area contributed by atoms with Crippen LogP contribution < -0.4 is 11.1 Å². The first-order chi connectivity index (χ1) is 12.5. The van der Waals surface area contributed by atoms with Gasteiger partial charge in [-0.15, -0.1) is 0 Å². The molecule has 26 heavy (non-hydrogen) atoms. The molecule has 0 aliphatic carbocycles. The Hall–Kier alpha value is -3.60. The van der Waals surface area contributed by atoms with Crippen LogP contribution >= 0.6 is 0 Å². The molecule has 4 rings (SSSR count). The summed E-state index contributed by atoms with van der Waals surface area (Å²) >= 11 is 0. The van der Waals surface area contributed by atoms with Crippen molar-refractivity contribution < 1.29 is 14.0 Å². The van der Waals surface area contributed by atoms with Gasteiger partial charge in [-0.3, -0.25) is 9.59 Å². The first-order valence-corrected chi connectivity index (χ1v) is 8.16. The van der Waals surface area contributed by atoms with E-state index in [4.69, 9.17) is 10.2 Å². The first-order valence-electron chi connectivity index (χ1n) is 8.16. The van der Waals surface area contributed by atoms with Crippen LogP contribution in [0.3, 0.4) is 0 Å². The molecule has 3 aromatic carbocycles. The van der Waals surface area contributed by atoms with E-state index in [1.807, 2.05) is 43.3 Å². The van der Waals surface area contributed by atoms with Crippen molar-refractivity contribution in [1.29, 1.82) is 0 Å². The zero-order valence-corrected chi connectivity index (χ0v) is 14.1. The molecule has 0 atom stereocenters. The lowest BCUT2D eigenvalue weighted by atomic mass is 10.1. The van der Waals surface area contributed by atoms with Crippen molar-refractivity contribution in [2.45, 2.75) is 6.92 Å². The molecule has 0 spiro atoms. The number of furan rings is 1. The van der Waals surface area contributed by atoms with Crippen molar-refractivity contribution in [2.75, 3.05) is 5.32 Å². The molecular formula is C21H16N2O3. The molecule has 128 valence electrons. The van der Waals surface area contributed by atoms with E-state index in [0.29, 0.717) is 16.8 Å². The zero-order chi connectivity index (χ0) is 18.3. The second-order valence-corrected chi connectivity index (χ2v) is 6.12. The molecule has 0 saturated heterocycles. The summed E-state index contributed by atoms with van der Waals surface area (Å²) in [5.41, 5.74) is 7.56. The zero-order valence-electron chi connectivity index (χ0n) is 14.1. The number of benzene rings is 3. The van der Waals surface area contributed by atoms with Gasteiger partial charge >= 0.3 is 0 Å². The van der Waals surface area contributed by atoms with E-state index in [9.17, 15) is 9.59 Å². The fraction of sp³-hybridized carbons (Fsp3) is 0.0476. The summed E-state index contributed by atoms with van der Waals surface area (Å²) in [6.07, 6.45) is 0. The Kier molecular flexibility index (Phi) is 3.69. The van der Waals surface area contributed by atoms with Crippen molar-refractivity contribution in [2.24, 2.45) is 5.73 Å². The highest BCUT2D eigenvalue weighted by atomic mass is 16.3. The lowest BCUT2D eigenvalue weighted by Gasteiger charge is -2.05. The third-order valence-electron chi connectivity index (χ3n) is 4.44. The van der Waals surface area contributed by atoms with Crippen LogP contribution in [0.25, 0.3) is 21.7 Å². The van der Waals surface area contributed by atoms with Crippen LogP contribution in [0.2, 0.25) is 0 Å². The van der Waals surface area contributed by atoms with E-state index in [-0.39, 0.29) is 11.7 Å². The van der Waals surface area contributed by atoms with Crippen molar-refractivity contribution in [3.8, 4) is 0 Å². The molecule has 0 aliphatic rings. The van der Waals surface area contributed by atoms with Gasteiger partial charge in [-0.2, -0.15) is 0 Å². The molecule has 1 heterocycles. The fourth-order valence-electron chi connectivity index (χ4n) is 3.10. The quantitative estimate of drug-likeness (QED) is 0.583. The number of fused-ring (bicyclic) bond motifs is 3. The minimum absolute atomic E-state index is 0.251. The van der Waals surface area contributed by atoms with Crippen LogP contribution in [-0.2, 0) is 0 Å². The number of amides is 2. The van der Waals surface area contributed by atoms with Crippen LogP contribution in [0.15, 0.2) is 65.1 Å². The molecule has 4 aromatic rings. The summed E-state index contributed by atoms with van der Waals surface area (Å²) in [5.74, 6) is -0.669. The normalized spacial score (nSPS) is 11.0. The summed E-state index contributed by atoms with van der Waals surface area (Å²) in [5, 5.41) is 5.68. The maximum absolute atomic E-state index is 12.7. The molecule has 0 fully saturated rings. The van der Waals surface area contributed by atoms with E-state index in [1.165, 1.54) is 6.07 Å². The summed E-state index contributed by atoms with van der Waals surface area (Å²) in [6.45, 7) is 1.86. The number of hydrogen-bond acceptors (Lipinski definition) is 3. The summed E-state index contributed by atoms with van der Waals surface area (Å²) in [6, 6.07) is 18.3. The molecule has 0 saturated carbocycles. The van der Waals surface area contributed by atoms with Gasteiger partial charge < -0.3 is 15.5 Å². The molecule has 5 nitrogen and oxygen atoms in total. The van der Waals surface area contributed by atoms with Crippen molar-refractivity contribution in [3.05, 3.63) is 77.6 Å². The number of aryl methyl sites for hydroxylation is 1. The van der Waals surface area contributed by atoms with Crippen LogP contribution in [0, 0.1) is 6.92 Å². The predicted octanol–water partition coefficient (Wildman–Crippen LogP) is 4.25. The molecule has 0 bridgehead atoms. The van der Waals surface area contributed by atoms with E-state index in [1.54, 1.807) is 18.2 Å². The van der Waals surface area contributed by atoms with Gasteiger partial charge in [-0.1, -0.05) is 42.5 Å². The third kappa shape index (κ3) is 2.59. The van der Waals surface area contributed by atoms with Gasteiger partial charge in [0.2, 0.25) is 5.91 Å². The molecular weight excluding hydrogens is 328 g/mol. The number of rotatable bonds is 3. The molecule has 0 radical (unpaired) electrons. The Labute approximate surface area is 149 Å². The Morgan fingerprint density at radius 3 is 2.58 bits per heavy atom. The molecule has 1 aromatic heterocycles. The Bertz CT molecular complexity index is 1170. The molecule has 0 unspecified atom stereocenters. The highest BCUT2D eigenvalue weighted by Gasteiger charge is 2.19. The fourth-order valence-corrected chi connectivity index (χ4v) is 3.10. The number of nitrogens with two attached hydrogens (primary N) is 1. The van der Waals surface area contributed by atoms with Crippen LogP contribution in [0.1, 0.15) is 26.5 Å². The Morgan fingerprint density at radius 1 is 0.962 bits per heavy atom. The predicted molar refractivity (Wildman–Crippen MR) is 101 cm³/mol. The van der Waals surface area contributed by atoms with E-state index in [0.717, 1.165) is 21.7 Å². The van der Waals surface area contributed by atoms with E-state index >= 15 is 0 Å². The molecule has 0 aliphatic heterocycles. The van der Waals surface area contributed by atoms with Crippen LogP contribution in [-0.4, -0.2) is 11.8 Å². The average molecular weight is 344 g/mol. The highest BCUT2D eigenvalue weighted by molar-refractivity contribution is 6.11. The third-order valence-corrected chi connectivity index (χ3v) is 4.44. The number of hydrogen-bond donors (Lipinski definition) is 2. The smallest absolute Gasteiger partial charge is 0.291 e. The summed E-state index contributed by atoms with van der Waals surface area (Å²) in [7, 11) is 0. The van der Waals surface area contributed by atoms with Gasteiger partial charge in [0, 0.05) is 27.6 Å². The van der Waals surface area contributed by atoms with E-state index in [2.05, 4.69) is 5.32 Å². The highest BCUT2D eigenvalue weighted by Crippen LogP contribution is 2.32. The standard InChI is InChI=1S/C21H16N2O3/c1-12-16-10-9-13-5-2-3-8-17(13)19(16)26-18(12)21(25)23-15-7-4-6-14(11-15)20(22)24/h2-11H,1H3,(H2,22,24)(H,23,25). The monoisotopic (exact) mass is 344 g/mol. The van der Waals surface area contributed by atoms with E-state index < -0.39 is 5.91 Å². The number of carbonyl (C=O) groups is 2. The average Bonchev–Trinajstić information content (AvgIpc) is 2.99. The van der Waals surface area contributed by atoms with Gasteiger partial charge in [0.1, 0.15) is 5.58 Å². The minimum atomic E-state index is -0.549. The van der Waals surface area contributed by atoms with Crippen molar-refractivity contribution in [1.82, 2.24) is 0 Å². The number of anilines is 1. The summed E-state index contributed by atoms with van der Waals surface area (Å²) < 4.78 is 5.92. The largest absolute Gasteiger partial charge is 0.450 e. The molecule has 2 amide bonds. The Balaban J connectivity index is 1.75. The van der Waals surface area contributed by atoms with Gasteiger partial charge in [-0.05, 0) is 30.5 Å². The first kappa shape index (κ1) is 15.9.